The first kappa shape index (κ1) is 12.3. The number of amides is 1. The van der Waals surface area contributed by atoms with E-state index in [0.29, 0.717) is 0 Å². The van der Waals surface area contributed by atoms with E-state index in [1.165, 1.54) is 0 Å². The molecule has 1 fully saturated rings. The number of rotatable bonds is 3. The van der Waals surface area contributed by atoms with Crippen molar-refractivity contribution < 1.29 is 9.90 Å². The van der Waals surface area contributed by atoms with E-state index >= 15 is 0 Å². The molecule has 0 aromatic heterocycles. The SMILES string of the molecule is CC(NC(=O)C1CSCN1)c1cccc(O)c1. The zero-order valence-corrected chi connectivity index (χ0v) is 10.5. The maximum atomic E-state index is 11.9. The van der Waals surface area contributed by atoms with E-state index in [0.717, 1.165) is 17.2 Å². The van der Waals surface area contributed by atoms with E-state index in [1.807, 2.05) is 13.0 Å². The van der Waals surface area contributed by atoms with Crippen molar-refractivity contribution in [3.63, 3.8) is 0 Å². The van der Waals surface area contributed by atoms with Gasteiger partial charge in [0.1, 0.15) is 5.75 Å². The van der Waals surface area contributed by atoms with Gasteiger partial charge in [0.25, 0.3) is 0 Å². The Kier molecular flexibility index (Phi) is 3.91. The third-order valence-electron chi connectivity index (χ3n) is 2.76. The third kappa shape index (κ3) is 3.14. The number of phenolic OH excluding ortho intramolecular Hbond substituents is 1. The molecule has 0 aliphatic carbocycles. The molecule has 1 aromatic carbocycles. The number of carbonyl (C=O) groups excluding carboxylic acids is 1. The van der Waals surface area contributed by atoms with Crippen LogP contribution in [0.3, 0.4) is 0 Å². The van der Waals surface area contributed by atoms with Gasteiger partial charge >= 0.3 is 0 Å². The second-order valence-electron chi connectivity index (χ2n) is 4.10. The van der Waals surface area contributed by atoms with Crippen LogP contribution >= 0.6 is 11.8 Å². The number of benzene rings is 1. The molecule has 1 aromatic rings. The number of aromatic hydroxyl groups is 1. The standard InChI is InChI=1S/C12H16N2O2S/c1-8(9-3-2-4-10(15)5-9)14-12(16)11-6-17-7-13-11/h2-5,8,11,13,15H,6-7H2,1H3,(H,14,16). The van der Waals surface area contributed by atoms with E-state index in [4.69, 9.17) is 0 Å². The molecule has 92 valence electrons. The molecule has 1 heterocycles. The van der Waals surface area contributed by atoms with E-state index in [9.17, 15) is 9.90 Å². The lowest BCUT2D eigenvalue weighted by molar-refractivity contribution is -0.123. The van der Waals surface area contributed by atoms with Gasteiger partial charge in [-0.2, -0.15) is 0 Å². The van der Waals surface area contributed by atoms with Gasteiger partial charge < -0.3 is 10.4 Å². The molecule has 1 aliphatic heterocycles. The van der Waals surface area contributed by atoms with E-state index < -0.39 is 0 Å². The number of hydrogen-bond donors (Lipinski definition) is 3. The van der Waals surface area contributed by atoms with Crippen molar-refractivity contribution in [1.82, 2.24) is 10.6 Å². The predicted molar refractivity (Wildman–Crippen MR) is 68.9 cm³/mol. The zero-order chi connectivity index (χ0) is 12.3. The van der Waals surface area contributed by atoms with Gasteiger partial charge in [0.15, 0.2) is 0 Å². The van der Waals surface area contributed by atoms with Gasteiger partial charge in [0.05, 0.1) is 12.1 Å². The summed E-state index contributed by atoms with van der Waals surface area (Å²) in [6.07, 6.45) is 0. The highest BCUT2D eigenvalue weighted by atomic mass is 32.2. The molecule has 5 heteroatoms. The lowest BCUT2D eigenvalue weighted by atomic mass is 10.1. The molecule has 0 saturated carbocycles. The first-order valence-corrected chi connectivity index (χ1v) is 6.73. The largest absolute Gasteiger partial charge is 0.508 e. The predicted octanol–water partition coefficient (Wildman–Crippen LogP) is 1.23. The van der Waals surface area contributed by atoms with Gasteiger partial charge in [-0.1, -0.05) is 12.1 Å². The smallest absolute Gasteiger partial charge is 0.238 e. The van der Waals surface area contributed by atoms with Crippen molar-refractivity contribution >= 4 is 17.7 Å². The summed E-state index contributed by atoms with van der Waals surface area (Å²) < 4.78 is 0. The Hall–Kier alpha value is -1.20. The first-order chi connectivity index (χ1) is 8.16. The summed E-state index contributed by atoms with van der Waals surface area (Å²) in [5.74, 6) is 1.89. The molecule has 3 N–H and O–H groups in total. The summed E-state index contributed by atoms with van der Waals surface area (Å²) >= 11 is 1.72. The Morgan fingerprint density at radius 1 is 1.65 bits per heavy atom. The molecule has 0 radical (unpaired) electrons. The molecule has 2 atom stereocenters. The van der Waals surface area contributed by atoms with E-state index in [1.54, 1.807) is 30.0 Å². The van der Waals surface area contributed by atoms with Crippen LogP contribution in [0.5, 0.6) is 5.75 Å². The fourth-order valence-corrected chi connectivity index (χ4v) is 2.70. The minimum Gasteiger partial charge on any atom is -0.508 e. The highest BCUT2D eigenvalue weighted by molar-refractivity contribution is 7.99. The van der Waals surface area contributed by atoms with Crippen molar-refractivity contribution in [3.8, 4) is 5.75 Å². The average molecular weight is 252 g/mol. The van der Waals surface area contributed by atoms with Gasteiger partial charge in [-0.15, -0.1) is 11.8 Å². The topological polar surface area (TPSA) is 61.4 Å². The number of phenols is 1. The Balaban J connectivity index is 1.96. The van der Waals surface area contributed by atoms with Crippen LogP contribution in [0, 0.1) is 0 Å². The minimum atomic E-state index is -0.0974. The van der Waals surface area contributed by atoms with Gasteiger partial charge in [-0.25, -0.2) is 0 Å². The van der Waals surface area contributed by atoms with Crippen LogP contribution in [0.25, 0.3) is 0 Å². The van der Waals surface area contributed by atoms with Crippen LogP contribution in [0.2, 0.25) is 0 Å². The second kappa shape index (κ2) is 5.42. The van der Waals surface area contributed by atoms with Gasteiger partial charge in [-0.05, 0) is 24.6 Å². The second-order valence-corrected chi connectivity index (χ2v) is 5.13. The molecular weight excluding hydrogens is 236 g/mol. The van der Waals surface area contributed by atoms with Crippen LogP contribution < -0.4 is 10.6 Å². The number of nitrogens with one attached hydrogen (secondary N) is 2. The molecule has 0 spiro atoms. The van der Waals surface area contributed by atoms with Crippen molar-refractivity contribution in [1.29, 1.82) is 0 Å². The highest BCUT2D eigenvalue weighted by Gasteiger charge is 2.23. The Morgan fingerprint density at radius 2 is 2.47 bits per heavy atom. The fraction of sp³-hybridized carbons (Fsp3) is 0.417. The van der Waals surface area contributed by atoms with Crippen LogP contribution in [-0.2, 0) is 4.79 Å². The first-order valence-electron chi connectivity index (χ1n) is 5.57. The summed E-state index contributed by atoms with van der Waals surface area (Å²) in [4.78, 5) is 11.9. The van der Waals surface area contributed by atoms with Gasteiger partial charge in [-0.3, -0.25) is 10.1 Å². The van der Waals surface area contributed by atoms with Crippen molar-refractivity contribution in [3.05, 3.63) is 29.8 Å². The summed E-state index contributed by atoms with van der Waals surface area (Å²) in [5.41, 5.74) is 0.906. The Labute approximate surface area is 105 Å². The summed E-state index contributed by atoms with van der Waals surface area (Å²) in [6, 6.07) is 6.76. The summed E-state index contributed by atoms with van der Waals surface area (Å²) in [7, 11) is 0. The number of thioether (sulfide) groups is 1. The minimum absolute atomic E-state index is 0.0193. The van der Waals surface area contributed by atoms with Crippen molar-refractivity contribution in [2.75, 3.05) is 11.6 Å². The molecular formula is C12H16N2O2S. The van der Waals surface area contributed by atoms with Crippen LogP contribution in [0.1, 0.15) is 18.5 Å². The van der Waals surface area contributed by atoms with Crippen molar-refractivity contribution in [2.45, 2.75) is 19.0 Å². The number of hydrogen-bond acceptors (Lipinski definition) is 4. The fourth-order valence-electron chi connectivity index (χ4n) is 1.76. The Bertz CT molecular complexity index is 405. The molecule has 0 bridgehead atoms. The van der Waals surface area contributed by atoms with E-state index in [2.05, 4.69) is 10.6 Å². The van der Waals surface area contributed by atoms with Gasteiger partial charge in [0.2, 0.25) is 5.91 Å². The van der Waals surface area contributed by atoms with Gasteiger partial charge in [0, 0.05) is 11.6 Å². The molecule has 17 heavy (non-hydrogen) atoms. The Morgan fingerprint density at radius 3 is 3.12 bits per heavy atom. The lowest BCUT2D eigenvalue weighted by Gasteiger charge is -2.17. The maximum absolute atomic E-state index is 11.9. The third-order valence-corrected chi connectivity index (χ3v) is 3.70. The summed E-state index contributed by atoms with van der Waals surface area (Å²) in [6.45, 7) is 1.91. The normalized spacial score (nSPS) is 21.1. The quantitative estimate of drug-likeness (QED) is 0.757. The summed E-state index contributed by atoms with van der Waals surface area (Å²) in [5, 5.41) is 15.4. The van der Waals surface area contributed by atoms with Crippen molar-refractivity contribution in [2.24, 2.45) is 0 Å². The molecule has 4 nitrogen and oxygen atoms in total. The zero-order valence-electron chi connectivity index (χ0n) is 9.64. The number of carbonyl (C=O) groups is 1. The van der Waals surface area contributed by atoms with E-state index in [-0.39, 0.29) is 23.7 Å². The lowest BCUT2D eigenvalue weighted by Crippen LogP contribution is -2.42. The highest BCUT2D eigenvalue weighted by Crippen LogP contribution is 2.18. The average Bonchev–Trinajstić information content (AvgIpc) is 2.82. The van der Waals surface area contributed by atoms with Crippen LogP contribution in [-0.4, -0.2) is 28.7 Å². The molecule has 2 rings (SSSR count). The van der Waals surface area contributed by atoms with Crippen LogP contribution in [0.4, 0.5) is 0 Å². The molecule has 1 saturated heterocycles. The molecule has 1 amide bonds. The molecule has 2 unspecified atom stereocenters. The molecule has 1 aliphatic rings. The van der Waals surface area contributed by atoms with Crippen LogP contribution in [0.15, 0.2) is 24.3 Å². The monoisotopic (exact) mass is 252 g/mol. The maximum Gasteiger partial charge on any atom is 0.238 e.